The quantitative estimate of drug-likeness (QED) is 0.644. The van der Waals surface area contributed by atoms with Crippen LogP contribution >= 0.6 is 15.9 Å². The monoisotopic (exact) mass is 257 g/mol. The highest BCUT2D eigenvalue weighted by atomic mass is 79.9. The normalized spacial score (nSPS) is 13.6. The van der Waals surface area contributed by atoms with Gasteiger partial charge in [-0.2, -0.15) is 0 Å². The summed E-state index contributed by atoms with van der Waals surface area (Å²) >= 11 is 3.29. The fourth-order valence-electron chi connectivity index (χ4n) is 1.21. The van der Waals surface area contributed by atoms with Crippen LogP contribution in [0.2, 0.25) is 0 Å². The molecule has 0 amide bonds. The Morgan fingerprint density at radius 2 is 2.36 bits per heavy atom. The molecule has 0 aromatic carbocycles. The first kappa shape index (κ1) is 11.5. The van der Waals surface area contributed by atoms with E-state index in [9.17, 15) is 0 Å². The topological polar surface area (TPSA) is 25.2 Å². The summed E-state index contributed by atoms with van der Waals surface area (Å²) in [7, 11) is 0. The van der Waals surface area contributed by atoms with E-state index in [1.54, 1.807) is 0 Å². The SMILES string of the molecule is C/C=C/CCNC(C)c1ccc(Br)o1. The molecule has 78 valence electrons. The van der Waals surface area contributed by atoms with Crippen molar-refractivity contribution >= 4 is 15.9 Å². The lowest BCUT2D eigenvalue weighted by Gasteiger charge is -2.09. The Hall–Kier alpha value is -0.540. The minimum atomic E-state index is 0.270. The molecule has 0 spiro atoms. The summed E-state index contributed by atoms with van der Waals surface area (Å²) in [6.07, 6.45) is 5.27. The molecule has 0 saturated carbocycles. The largest absolute Gasteiger partial charge is 0.453 e. The summed E-state index contributed by atoms with van der Waals surface area (Å²) in [5.41, 5.74) is 0. The van der Waals surface area contributed by atoms with Crippen molar-refractivity contribution in [1.29, 1.82) is 0 Å². The smallest absolute Gasteiger partial charge is 0.169 e. The molecule has 2 nitrogen and oxygen atoms in total. The molecule has 0 aliphatic carbocycles. The fourth-order valence-corrected chi connectivity index (χ4v) is 1.53. The van der Waals surface area contributed by atoms with Crippen LogP contribution in [0.15, 0.2) is 33.4 Å². The van der Waals surface area contributed by atoms with Gasteiger partial charge in [0.1, 0.15) is 5.76 Å². The standard InChI is InChI=1S/C11H16BrNO/c1-3-4-5-8-13-9(2)10-6-7-11(12)14-10/h3-4,6-7,9,13H,5,8H2,1-2H3/b4-3+. The van der Waals surface area contributed by atoms with Gasteiger partial charge in [0.05, 0.1) is 6.04 Å². The molecular formula is C11H16BrNO. The molecular weight excluding hydrogens is 242 g/mol. The predicted octanol–water partition coefficient (Wildman–Crippen LogP) is 3.66. The molecule has 1 aromatic rings. The first-order chi connectivity index (χ1) is 6.74. The van der Waals surface area contributed by atoms with E-state index in [1.807, 2.05) is 19.1 Å². The van der Waals surface area contributed by atoms with Gasteiger partial charge in [-0.1, -0.05) is 12.2 Å². The van der Waals surface area contributed by atoms with Crippen molar-refractivity contribution in [3.05, 3.63) is 34.7 Å². The second kappa shape index (κ2) is 6.04. The zero-order valence-corrected chi connectivity index (χ0v) is 10.2. The zero-order valence-electron chi connectivity index (χ0n) is 8.59. The Morgan fingerprint density at radius 3 is 2.93 bits per heavy atom. The van der Waals surface area contributed by atoms with Gasteiger partial charge in [-0.3, -0.25) is 0 Å². The van der Waals surface area contributed by atoms with Crippen molar-refractivity contribution in [2.75, 3.05) is 6.54 Å². The van der Waals surface area contributed by atoms with E-state index in [0.717, 1.165) is 23.4 Å². The maximum Gasteiger partial charge on any atom is 0.169 e. The molecule has 0 aliphatic heterocycles. The molecule has 0 aliphatic rings. The zero-order chi connectivity index (χ0) is 10.4. The van der Waals surface area contributed by atoms with Crippen LogP contribution in [0, 0.1) is 0 Å². The number of rotatable bonds is 5. The van der Waals surface area contributed by atoms with E-state index in [-0.39, 0.29) is 6.04 Å². The van der Waals surface area contributed by atoms with Crippen LogP contribution in [0.1, 0.15) is 32.1 Å². The van der Waals surface area contributed by atoms with Gasteiger partial charge in [0.2, 0.25) is 0 Å². The lowest BCUT2D eigenvalue weighted by Crippen LogP contribution is -2.18. The van der Waals surface area contributed by atoms with Crippen LogP contribution in [-0.2, 0) is 0 Å². The molecule has 1 aromatic heterocycles. The molecule has 1 rings (SSSR count). The van der Waals surface area contributed by atoms with Crippen LogP contribution in [0.5, 0.6) is 0 Å². The van der Waals surface area contributed by atoms with E-state index in [0.29, 0.717) is 0 Å². The molecule has 3 heteroatoms. The molecule has 0 bridgehead atoms. The highest BCUT2D eigenvalue weighted by molar-refractivity contribution is 9.10. The van der Waals surface area contributed by atoms with Gasteiger partial charge < -0.3 is 9.73 Å². The lowest BCUT2D eigenvalue weighted by molar-refractivity contribution is 0.421. The Balaban J connectivity index is 2.31. The van der Waals surface area contributed by atoms with Crippen molar-refractivity contribution < 1.29 is 4.42 Å². The Kier molecular flexibility index (Phi) is 4.98. The van der Waals surface area contributed by atoms with Crippen LogP contribution in [0.25, 0.3) is 0 Å². The Bertz CT molecular complexity index is 293. The highest BCUT2D eigenvalue weighted by Gasteiger charge is 2.07. The highest BCUT2D eigenvalue weighted by Crippen LogP contribution is 2.19. The molecule has 1 atom stereocenters. The van der Waals surface area contributed by atoms with E-state index in [2.05, 4.69) is 40.3 Å². The van der Waals surface area contributed by atoms with Crippen LogP contribution in [0.3, 0.4) is 0 Å². The van der Waals surface area contributed by atoms with Gasteiger partial charge in [-0.05, 0) is 54.9 Å². The second-order valence-electron chi connectivity index (χ2n) is 3.18. The van der Waals surface area contributed by atoms with Gasteiger partial charge in [0, 0.05) is 0 Å². The number of halogens is 1. The van der Waals surface area contributed by atoms with Gasteiger partial charge in [-0.15, -0.1) is 0 Å². The minimum Gasteiger partial charge on any atom is -0.453 e. The third-order valence-corrected chi connectivity index (χ3v) is 2.44. The van der Waals surface area contributed by atoms with Gasteiger partial charge >= 0.3 is 0 Å². The maximum absolute atomic E-state index is 5.44. The summed E-state index contributed by atoms with van der Waals surface area (Å²) in [6, 6.07) is 4.17. The number of hydrogen-bond donors (Lipinski definition) is 1. The average molecular weight is 258 g/mol. The summed E-state index contributed by atoms with van der Waals surface area (Å²) < 4.78 is 6.23. The lowest BCUT2D eigenvalue weighted by atomic mass is 10.2. The van der Waals surface area contributed by atoms with Crippen molar-refractivity contribution in [2.45, 2.75) is 26.3 Å². The van der Waals surface area contributed by atoms with E-state index >= 15 is 0 Å². The first-order valence-corrected chi connectivity index (χ1v) is 5.63. The fraction of sp³-hybridized carbons (Fsp3) is 0.455. The van der Waals surface area contributed by atoms with Crippen molar-refractivity contribution in [1.82, 2.24) is 5.32 Å². The van der Waals surface area contributed by atoms with Gasteiger partial charge in [-0.25, -0.2) is 0 Å². The van der Waals surface area contributed by atoms with E-state index < -0.39 is 0 Å². The summed E-state index contributed by atoms with van der Waals surface area (Å²) in [5, 5.41) is 3.38. The average Bonchev–Trinajstić information content (AvgIpc) is 2.59. The van der Waals surface area contributed by atoms with Crippen LogP contribution < -0.4 is 5.32 Å². The van der Waals surface area contributed by atoms with Crippen molar-refractivity contribution in [3.63, 3.8) is 0 Å². The van der Waals surface area contributed by atoms with Crippen LogP contribution in [0.4, 0.5) is 0 Å². The predicted molar refractivity (Wildman–Crippen MR) is 62.3 cm³/mol. The maximum atomic E-state index is 5.44. The first-order valence-electron chi connectivity index (χ1n) is 4.84. The number of furan rings is 1. The molecule has 14 heavy (non-hydrogen) atoms. The Morgan fingerprint density at radius 1 is 1.57 bits per heavy atom. The molecule has 0 saturated heterocycles. The number of allylic oxidation sites excluding steroid dienone is 1. The Labute approximate surface area is 93.5 Å². The molecule has 0 radical (unpaired) electrons. The summed E-state index contributed by atoms with van der Waals surface area (Å²) in [6.45, 7) is 5.11. The molecule has 1 unspecified atom stereocenters. The van der Waals surface area contributed by atoms with Crippen molar-refractivity contribution in [2.24, 2.45) is 0 Å². The molecule has 0 fully saturated rings. The van der Waals surface area contributed by atoms with Gasteiger partial charge in [0.15, 0.2) is 4.67 Å². The number of hydrogen-bond acceptors (Lipinski definition) is 2. The minimum absolute atomic E-state index is 0.270. The van der Waals surface area contributed by atoms with Crippen molar-refractivity contribution in [3.8, 4) is 0 Å². The van der Waals surface area contributed by atoms with E-state index in [1.165, 1.54) is 0 Å². The summed E-state index contributed by atoms with van der Waals surface area (Å²) in [4.78, 5) is 0. The molecule has 1 heterocycles. The van der Waals surface area contributed by atoms with Crippen LogP contribution in [-0.4, -0.2) is 6.54 Å². The van der Waals surface area contributed by atoms with Gasteiger partial charge in [0.25, 0.3) is 0 Å². The summed E-state index contributed by atoms with van der Waals surface area (Å²) in [5.74, 6) is 0.970. The third-order valence-electron chi connectivity index (χ3n) is 2.02. The molecule has 1 N–H and O–H groups in total. The number of nitrogens with one attached hydrogen (secondary N) is 1. The second-order valence-corrected chi connectivity index (χ2v) is 3.96. The van der Waals surface area contributed by atoms with E-state index in [4.69, 9.17) is 4.42 Å². The third kappa shape index (κ3) is 3.68.